The zero-order valence-electron chi connectivity index (χ0n) is 9.19. The van der Waals surface area contributed by atoms with Crippen molar-refractivity contribution < 1.29 is 14.7 Å². The van der Waals surface area contributed by atoms with E-state index in [1.807, 2.05) is 0 Å². The maximum Gasteiger partial charge on any atom is 0.258 e. The second-order valence-corrected chi connectivity index (χ2v) is 3.41. The number of carbonyl (C=O) groups excluding carboxylic acids is 2. The minimum Gasteiger partial charge on any atom is -0.396 e. The van der Waals surface area contributed by atoms with Crippen LogP contribution in [0.3, 0.4) is 0 Å². The molecule has 4 heteroatoms. The molecule has 0 aliphatic carbocycles. The smallest absolute Gasteiger partial charge is 0.258 e. The molecular weight excluding hydrogens is 206 g/mol. The van der Waals surface area contributed by atoms with Crippen molar-refractivity contribution in [2.24, 2.45) is 0 Å². The number of fused-ring (bicyclic) bond motifs is 1. The number of imide groups is 1. The Balaban J connectivity index is 0.000000221. The van der Waals surface area contributed by atoms with Gasteiger partial charge >= 0.3 is 0 Å². The number of benzene rings is 1. The number of nitrogens with one attached hydrogen (secondary N) is 1. The molecule has 4 nitrogen and oxygen atoms in total. The first-order valence-electron chi connectivity index (χ1n) is 5.26. The molecule has 16 heavy (non-hydrogen) atoms. The molecule has 1 aromatic carbocycles. The van der Waals surface area contributed by atoms with Gasteiger partial charge in [0.1, 0.15) is 0 Å². The van der Waals surface area contributed by atoms with Gasteiger partial charge in [0.2, 0.25) is 0 Å². The molecule has 2 amide bonds. The van der Waals surface area contributed by atoms with Gasteiger partial charge in [-0.05, 0) is 18.6 Å². The van der Waals surface area contributed by atoms with E-state index in [1.165, 1.54) is 0 Å². The summed E-state index contributed by atoms with van der Waals surface area (Å²) in [5, 5.41) is 10.3. The van der Waals surface area contributed by atoms with Crippen molar-refractivity contribution in [3.63, 3.8) is 0 Å². The van der Waals surface area contributed by atoms with Crippen LogP contribution in [0.2, 0.25) is 0 Å². The molecule has 0 bridgehead atoms. The molecule has 0 spiro atoms. The molecule has 0 saturated carbocycles. The molecule has 0 unspecified atom stereocenters. The van der Waals surface area contributed by atoms with Crippen LogP contribution in [-0.2, 0) is 0 Å². The van der Waals surface area contributed by atoms with Gasteiger partial charge in [0.15, 0.2) is 0 Å². The van der Waals surface area contributed by atoms with Crippen molar-refractivity contribution in [3.05, 3.63) is 35.4 Å². The maximum atomic E-state index is 10.9. The summed E-state index contributed by atoms with van der Waals surface area (Å²) in [6.45, 7) is 2.40. The van der Waals surface area contributed by atoms with Crippen LogP contribution in [0.15, 0.2) is 24.3 Å². The van der Waals surface area contributed by atoms with Crippen molar-refractivity contribution in [3.8, 4) is 0 Å². The first kappa shape index (κ1) is 12.4. The van der Waals surface area contributed by atoms with Crippen LogP contribution in [0.1, 0.15) is 40.5 Å². The van der Waals surface area contributed by atoms with Crippen molar-refractivity contribution in [2.45, 2.75) is 19.8 Å². The first-order chi connectivity index (χ1) is 7.70. The van der Waals surface area contributed by atoms with E-state index in [0.717, 1.165) is 12.8 Å². The standard InChI is InChI=1S/C8H5NO2.C4H10O/c10-7-5-3-1-2-4-6(5)8(11)9-7;1-2-3-4-5/h1-4H,(H,9,10,11);5H,2-4H2,1H3. The lowest BCUT2D eigenvalue weighted by molar-refractivity contribution is 0.0879. The summed E-state index contributed by atoms with van der Waals surface area (Å²) < 4.78 is 0. The van der Waals surface area contributed by atoms with Crippen LogP contribution in [0.5, 0.6) is 0 Å². The van der Waals surface area contributed by atoms with Crippen LogP contribution in [-0.4, -0.2) is 23.5 Å². The topological polar surface area (TPSA) is 66.4 Å². The number of aliphatic hydroxyl groups is 1. The largest absolute Gasteiger partial charge is 0.396 e. The Morgan fingerprint density at radius 1 is 1.12 bits per heavy atom. The molecule has 2 rings (SSSR count). The molecule has 0 radical (unpaired) electrons. The third-order valence-electron chi connectivity index (χ3n) is 2.16. The molecule has 0 atom stereocenters. The average Bonchev–Trinajstić information content (AvgIpc) is 2.58. The van der Waals surface area contributed by atoms with Crippen molar-refractivity contribution in [1.29, 1.82) is 0 Å². The average molecular weight is 221 g/mol. The monoisotopic (exact) mass is 221 g/mol. The number of aliphatic hydroxyl groups excluding tert-OH is 1. The number of hydrogen-bond acceptors (Lipinski definition) is 3. The highest BCUT2D eigenvalue weighted by atomic mass is 16.3. The van der Waals surface area contributed by atoms with Crippen molar-refractivity contribution in [2.75, 3.05) is 6.61 Å². The molecule has 0 aromatic heterocycles. The Kier molecular flexibility index (Phi) is 4.66. The fraction of sp³-hybridized carbons (Fsp3) is 0.333. The Morgan fingerprint density at radius 3 is 1.94 bits per heavy atom. The van der Waals surface area contributed by atoms with Crippen LogP contribution >= 0.6 is 0 Å². The highest BCUT2D eigenvalue weighted by Gasteiger charge is 2.25. The summed E-state index contributed by atoms with van der Waals surface area (Å²) in [6, 6.07) is 6.74. The lowest BCUT2D eigenvalue weighted by atomic mass is 10.1. The molecule has 1 aliphatic heterocycles. The predicted molar refractivity (Wildman–Crippen MR) is 60.2 cm³/mol. The number of unbranched alkanes of at least 4 members (excludes halogenated alkanes) is 1. The van der Waals surface area contributed by atoms with E-state index >= 15 is 0 Å². The van der Waals surface area contributed by atoms with Crippen LogP contribution in [0.4, 0.5) is 0 Å². The Bertz CT molecular complexity index is 353. The van der Waals surface area contributed by atoms with Gasteiger partial charge in [-0.2, -0.15) is 0 Å². The number of hydrogen-bond donors (Lipinski definition) is 2. The summed E-state index contributed by atoms with van der Waals surface area (Å²) in [7, 11) is 0. The molecule has 1 heterocycles. The quantitative estimate of drug-likeness (QED) is 0.741. The van der Waals surface area contributed by atoms with Gasteiger partial charge in [-0.3, -0.25) is 14.9 Å². The van der Waals surface area contributed by atoms with Gasteiger partial charge in [0, 0.05) is 6.61 Å². The molecule has 2 N–H and O–H groups in total. The minimum atomic E-state index is -0.300. The lowest BCUT2D eigenvalue weighted by Gasteiger charge is -1.88. The highest BCUT2D eigenvalue weighted by molar-refractivity contribution is 6.21. The van der Waals surface area contributed by atoms with Crippen molar-refractivity contribution in [1.82, 2.24) is 5.32 Å². The van der Waals surface area contributed by atoms with Crippen molar-refractivity contribution >= 4 is 11.8 Å². The zero-order chi connectivity index (χ0) is 12.0. The van der Waals surface area contributed by atoms with E-state index in [0.29, 0.717) is 17.7 Å². The molecule has 0 fully saturated rings. The van der Waals surface area contributed by atoms with E-state index in [1.54, 1.807) is 24.3 Å². The predicted octanol–water partition coefficient (Wildman–Crippen LogP) is 1.35. The third kappa shape index (κ3) is 2.90. The summed E-state index contributed by atoms with van der Waals surface area (Å²) in [5.74, 6) is -0.601. The van der Waals surface area contributed by atoms with Gasteiger partial charge in [-0.1, -0.05) is 25.5 Å². The normalized spacial score (nSPS) is 12.6. The van der Waals surface area contributed by atoms with Gasteiger partial charge in [0.25, 0.3) is 11.8 Å². The first-order valence-corrected chi connectivity index (χ1v) is 5.26. The molecule has 1 aromatic rings. The Hall–Kier alpha value is -1.68. The Labute approximate surface area is 94.3 Å². The van der Waals surface area contributed by atoms with Gasteiger partial charge in [0.05, 0.1) is 11.1 Å². The van der Waals surface area contributed by atoms with Crippen LogP contribution < -0.4 is 5.32 Å². The SMILES string of the molecule is CCCCO.O=C1NC(=O)c2ccccc21. The van der Waals surface area contributed by atoms with Gasteiger partial charge in [-0.15, -0.1) is 0 Å². The summed E-state index contributed by atoms with van der Waals surface area (Å²) >= 11 is 0. The summed E-state index contributed by atoms with van der Waals surface area (Å²) in [4.78, 5) is 21.9. The summed E-state index contributed by atoms with van der Waals surface area (Å²) in [6.07, 6.45) is 2.04. The highest BCUT2D eigenvalue weighted by Crippen LogP contribution is 2.13. The van der Waals surface area contributed by atoms with E-state index in [2.05, 4.69) is 12.2 Å². The maximum absolute atomic E-state index is 10.9. The molecule has 0 saturated heterocycles. The van der Waals surface area contributed by atoms with Crippen LogP contribution in [0.25, 0.3) is 0 Å². The second kappa shape index (κ2) is 6.02. The second-order valence-electron chi connectivity index (χ2n) is 3.41. The molecule has 86 valence electrons. The number of rotatable bonds is 2. The number of carbonyl (C=O) groups is 2. The zero-order valence-corrected chi connectivity index (χ0v) is 9.19. The van der Waals surface area contributed by atoms with E-state index in [9.17, 15) is 9.59 Å². The van der Waals surface area contributed by atoms with Gasteiger partial charge < -0.3 is 5.11 Å². The minimum absolute atomic E-state index is 0.300. The molecular formula is C12H15NO3. The number of amides is 2. The van der Waals surface area contributed by atoms with E-state index < -0.39 is 0 Å². The summed E-state index contributed by atoms with van der Waals surface area (Å²) in [5.41, 5.74) is 0.940. The molecule has 1 aliphatic rings. The van der Waals surface area contributed by atoms with E-state index in [4.69, 9.17) is 5.11 Å². The lowest BCUT2D eigenvalue weighted by Crippen LogP contribution is -2.19. The fourth-order valence-electron chi connectivity index (χ4n) is 1.28. The van der Waals surface area contributed by atoms with Gasteiger partial charge in [-0.25, -0.2) is 0 Å². The Morgan fingerprint density at radius 2 is 1.62 bits per heavy atom. The fourth-order valence-corrected chi connectivity index (χ4v) is 1.28. The third-order valence-corrected chi connectivity index (χ3v) is 2.16. The van der Waals surface area contributed by atoms with Crippen LogP contribution in [0, 0.1) is 0 Å². The van der Waals surface area contributed by atoms with E-state index in [-0.39, 0.29) is 11.8 Å².